The average Bonchev–Trinajstić information content (AvgIpc) is 2.79. The molecular formula is C24H15F9O2. The van der Waals surface area contributed by atoms with Gasteiger partial charge in [-0.2, -0.15) is 8.78 Å². The number of methoxy groups -OCH3 is 1. The number of halogens is 9. The van der Waals surface area contributed by atoms with Crippen LogP contribution in [-0.2, 0) is 17.6 Å². The van der Waals surface area contributed by atoms with Crippen molar-refractivity contribution in [1.82, 2.24) is 0 Å². The first-order valence-corrected chi connectivity index (χ1v) is 9.81. The largest absolute Gasteiger partial charge is 0.573 e. The number of alkyl halides is 3. The van der Waals surface area contributed by atoms with Crippen LogP contribution in [0.1, 0.15) is 16.7 Å². The molecule has 0 bridgehead atoms. The topological polar surface area (TPSA) is 18.5 Å². The summed E-state index contributed by atoms with van der Waals surface area (Å²) in [5, 5.41) is 0. The molecular weight excluding hydrogens is 491 g/mol. The Labute approximate surface area is 193 Å². The molecule has 0 amide bonds. The highest BCUT2D eigenvalue weighted by molar-refractivity contribution is 5.68. The Hall–Kier alpha value is -3.63. The number of rotatable bonds is 7. The molecule has 0 N–H and O–H groups in total. The molecule has 0 aliphatic carbocycles. The molecule has 11 heteroatoms. The maximum Gasteiger partial charge on any atom is 0.573 e. The van der Waals surface area contributed by atoms with E-state index < -0.39 is 52.8 Å². The molecule has 3 rings (SSSR count). The second-order valence-electron chi connectivity index (χ2n) is 7.22. The Bertz CT molecular complexity index is 1200. The molecule has 0 spiro atoms. The molecule has 3 aromatic carbocycles. The fourth-order valence-electron chi connectivity index (χ4n) is 3.26. The van der Waals surface area contributed by atoms with E-state index in [-0.39, 0.29) is 35.1 Å². The number of hydrogen-bond donors (Lipinski definition) is 0. The molecule has 35 heavy (non-hydrogen) atoms. The molecule has 0 saturated heterocycles. The van der Waals surface area contributed by atoms with Crippen LogP contribution in [0.25, 0.3) is 17.0 Å². The van der Waals surface area contributed by atoms with E-state index in [1.54, 1.807) is 0 Å². The van der Waals surface area contributed by atoms with Gasteiger partial charge in [-0.3, -0.25) is 0 Å². The van der Waals surface area contributed by atoms with Crippen LogP contribution in [0.2, 0.25) is 0 Å². The number of ether oxygens (including phenoxy) is 2. The number of benzene rings is 3. The molecule has 0 saturated carbocycles. The highest BCUT2D eigenvalue weighted by Gasteiger charge is 2.34. The summed E-state index contributed by atoms with van der Waals surface area (Å²) in [6.07, 6.45) is -5.96. The van der Waals surface area contributed by atoms with Crippen molar-refractivity contribution in [2.45, 2.75) is 19.2 Å². The van der Waals surface area contributed by atoms with E-state index in [0.717, 1.165) is 19.2 Å². The molecule has 3 aromatic rings. The van der Waals surface area contributed by atoms with Gasteiger partial charge in [0.1, 0.15) is 11.6 Å². The van der Waals surface area contributed by atoms with Crippen molar-refractivity contribution < 1.29 is 49.0 Å². The third kappa shape index (κ3) is 6.28. The van der Waals surface area contributed by atoms with E-state index in [4.69, 9.17) is 0 Å². The second kappa shape index (κ2) is 10.3. The average molecular weight is 506 g/mol. The van der Waals surface area contributed by atoms with Gasteiger partial charge in [-0.1, -0.05) is 24.3 Å². The predicted octanol–water partition coefficient (Wildman–Crippen LogP) is 7.81. The lowest BCUT2D eigenvalue weighted by molar-refractivity contribution is -0.276. The van der Waals surface area contributed by atoms with Crippen LogP contribution in [0.15, 0.2) is 54.5 Å². The van der Waals surface area contributed by atoms with Crippen molar-refractivity contribution in [1.29, 1.82) is 0 Å². The van der Waals surface area contributed by atoms with E-state index in [0.29, 0.717) is 12.1 Å². The minimum Gasteiger partial charge on any atom is -0.472 e. The lowest BCUT2D eigenvalue weighted by Gasteiger charge is -2.12. The zero-order valence-corrected chi connectivity index (χ0v) is 17.8. The quantitative estimate of drug-likeness (QED) is 0.241. The van der Waals surface area contributed by atoms with Crippen molar-refractivity contribution >= 4 is 5.83 Å². The van der Waals surface area contributed by atoms with Gasteiger partial charge in [-0.05, 0) is 53.8 Å². The van der Waals surface area contributed by atoms with Gasteiger partial charge in [0.25, 0.3) is 0 Å². The van der Waals surface area contributed by atoms with Crippen molar-refractivity contribution in [3.05, 3.63) is 94.5 Å². The SMILES string of the molecule is CO/C(F)=C(\F)c1ccc(-c2cc(F)c(CCc3cc(F)c(OC(F)(F)F)c(F)c3)c(F)c2)cc1. The summed E-state index contributed by atoms with van der Waals surface area (Å²) < 4.78 is 128. The van der Waals surface area contributed by atoms with Crippen LogP contribution in [0, 0.1) is 23.3 Å². The fourth-order valence-corrected chi connectivity index (χ4v) is 3.26. The first-order valence-electron chi connectivity index (χ1n) is 9.81. The lowest BCUT2D eigenvalue weighted by atomic mass is 9.98. The Morgan fingerprint density at radius 2 is 1.29 bits per heavy atom. The minimum atomic E-state index is -5.30. The standard InChI is InChI=1S/C24H15F9O2/c1-34-23(30)21(29)14-5-3-13(4-6-14)15-10-17(25)16(18(26)11-15)7-2-12-8-19(27)22(20(28)9-12)35-24(31,32)33/h3-6,8-11H,2,7H2,1H3/b23-21-. The van der Waals surface area contributed by atoms with Crippen LogP contribution in [0.4, 0.5) is 39.5 Å². The maximum absolute atomic E-state index is 14.6. The van der Waals surface area contributed by atoms with Crippen LogP contribution in [0.3, 0.4) is 0 Å². The van der Waals surface area contributed by atoms with Crippen LogP contribution >= 0.6 is 0 Å². The van der Waals surface area contributed by atoms with Crippen molar-refractivity contribution in [2.24, 2.45) is 0 Å². The molecule has 0 aliphatic rings. The Morgan fingerprint density at radius 1 is 0.743 bits per heavy atom. The highest BCUT2D eigenvalue weighted by atomic mass is 19.4. The molecule has 0 aliphatic heterocycles. The van der Waals surface area contributed by atoms with E-state index in [9.17, 15) is 39.5 Å². The van der Waals surface area contributed by atoms with Gasteiger partial charge in [0.2, 0.25) is 11.6 Å². The van der Waals surface area contributed by atoms with Crippen molar-refractivity contribution in [3.63, 3.8) is 0 Å². The zero-order valence-electron chi connectivity index (χ0n) is 17.8. The number of hydrogen-bond acceptors (Lipinski definition) is 2. The molecule has 2 nitrogen and oxygen atoms in total. The third-order valence-corrected chi connectivity index (χ3v) is 4.90. The zero-order chi connectivity index (χ0) is 25.9. The van der Waals surface area contributed by atoms with Crippen molar-refractivity contribution in [2.75, 3.05) is 7.11 Å². The van der Waals surface area contributed by atoms with Gasteiger partial charge in [0, 0.05) is 11.1 Å². The number of aryl methyl sites for hydroxylation is 1. The Balaban J connectivity index is 1.79. The van der Waals surface area contributed by atoms with E-state index >= 15 is 0 Å². The van der Waals surface area contributed by atoms with Gasteiger partial charge in [0.15, 0.2) is 11.6 Å². The lowest BCUT2D eigenvalue weighted by Crippen LogP contribution is -2.19. The molecule has 186 valence electrons. The molecule has 0 heterocycles. The van der Waals surface area contributed by atoms with Crippen LogP contribution in [-0.4, -0.2) is 13.5 Å². The molecule has 0 fully saturated rings. The van der Waals surface area contributed by atoms with E-state index in [1.165, 1.54) is 24.3 Å². The highest BCUT2D eigenvalue weighted by Crippen LogP contribution is 2.31. The third-order valence-electron chi connectivity index (χ3n) is 4.90. The molecule has 0 unspecified atom stereocenters. The first-order chi connectivity index (χ1) is 16.4. The van der Waals surface area contributed by atoms with Crippen LogP contribution in [0.5, 0.6) is 5.75 Å². The summed E-state index contributed by atoms with van der Waals surface area (Å²) in [6.45, 7) is 0. The normalized spacial score (nSPS) is 12.4. The maximum atomic E-state index is 14.6. The predicted molar refractivity (Wildman–Crippen MR) is 108 cm³/mol. The minimum absolute atomic E-state index is 0.0812. The molecule has 0 aromatic heterocycles. The van der Waals surface area contributed by atoms with Gasteiger partial charge >= 0.3 is 12.4 Å². The summed E-state index contributed by atoms with van der Waals surface area (Å²) >= 11 is 0. The molecule has 0 radical (unpaired) electrons. The Morgan fingerprint density at radius 3 is 1.77 bits per heavy atom. The summed E-state index contributed by atoms with van der Waals surface area (Å²) in [6, 6.07) is 6.68. The summed E-state index contributed by atoms with van der Waals surface area (Å²) in [4.78, 5) is 0. The second-order valence-corrected chi connectivity index (χ2v) is 7.22. The summed E-state index contributed by atoms with van der Waals surface area (Å²) in [7, 11) is 0.945. The first kappa shape index (κ1) is 26.0. The summed E-state index contributed by atoms with van der Waals surface area (Å²) in [5.74, 6) is -8.09. The van der Waals surface area contributed by atoms with Gasteiger partial charge in [-0.15, -0.1) is 13.2 Å². The fraction of sp³-hybridized carbons (Fsp3) is 0.167. The Kier molecular flexibility index (Phi) is 7.67. The van der Waals surface area contributed by atoms with Crippen LogP contribution < -0.4 is 4.74 Å². The van der Waals surface area contributed by atoms with Gasteiger partial charge < -0.3 is 9.47 Å². The smallest absolute Gasteiger partial charge is 0.472 e. The van der Waals surface area contributed by atoms with E-state index in [1.807, 2.05) is 0 Å². The van der Waals surface area contributed by atoms with Crippen molar-refractivity contribution in [3.8, 4) is 16.9 Å². The van der Waals surface area contributed by atoms with Gasteiger partial charge in [0.05, 0.1) is 7.11 Å². The monoisotopic (exact) mass is 506 g/mol. The van der Waals surface area contributed by atoms with E-state index in [2.05, 4.69) is 9.47 Å². The van der Waals surface area contributed by atoms with Gasteiger partial charge in [-0.25, -0.2) is 17.6 Å². The summed E-state index contributed by atoms with van der Waals surface area (Å²) in [5.41, 5.74) is -0.355. The molecule has 0 atom stereocenters.